The van der Waals surface area contributed by atoms with E-state index in [9.17, 15) is 5.11 Å². The van der Waals surface area contributed by atoms with E-state index in [4.69, 9.17) is 5.73 Å². The molecular weight excluding hydrogens is 166 g/mol. The van der Waals surface area contributed by atoms with Crippen LogP contribution in [-0.4, -0.2) is 25.3 Å². The van der Waals surface area contributed by atoms with Gasteiger partial charge in [-0.1, -0.05) is 31.6 Å². The summed E-state index contributed by atoms with van der Waals surface area (Å²) in [5.74, 6) is 0. The summed E-state index contributed by atoms with van der Waals surface area (Å²) in [4.78, 5) is 0. The Balaban J connectivity index is 2.56. The van der Waals surface area contributed by atoms with Gasteiger partial charge in [0.25, 0.3) is 0 Å². The molecule has 12 heavy (non-hydrogen) atoms. The van der Waals surface area contributed by atoms with E-state index < -0.39 is 13.7 Å². The van der Waals surface area contributed by atoms with E-state index in [1.165, 1.54) is 18.5 Å². The zero-order valence-electron chi connectivity index (χ0n) is 8.27. The molecular formula is C9H21NOSi. The van der Waals surface area contributed by atoms with Crippen molar-refractivity contribution in [3.05, 3.63) is 0 Å². The van der Waals surface area contributed by atoms with Gasteiger partial charge in [-0.2, -0.15) is 0 Å². The maximum absolute atomic E-state index is 9.99. The molecule has 1 aliphatic heterocycles. The van der Waals surface area contributed by atoms with Crippen molar-refractivity contribution in [2.24, 2.45) is 5.73 Å². The largest absolute Gasteiger partial charge is 0.389 e. The lowest BCUT2D eigenvalue weighted by atomic mass is 9.95. The van der Waals surface area contributed by atoms with Crippen molar-refractivity contribution in [2.45, 2.75) is 50.0 Å². The van der Waals surface area contributed by atoms with Crippen LogP contribution in [0.5, 0.6) is 0 Å². The van der Waals surface area contributed by atoms with Crippen LogP contribution in [-0.2, 0) is 0 Å². The molecule has 0 amide bonds. The summed E-state index contributed by atoms with van der Waals surface area (Å²) in [6, 6.07) is 2.59. The summed E-state index contributed by atoms with van der Waals surface area (Å²) in [5.41, 5.74) is 5.03. The second-order valence-electron chi connectivity index (χ2n) is 4.95. The van der Waals surface area contributed by atoms with Gasteiger partial charge in [0.1, 0.15) is 0 Å². The van der Waals surface area contributed by atoms with Gasteiger partial charge in [0.15, 0.2) is 0 Å². The Kier molecular flexibility index (Phi) is 2.96. The number of hydrogen-bond acceptors (Lipinski definition) is 2. The molecule has 0 aromatic rings. The van der Waals surface area contributed by atoms with Crippen LogP contribution < -0.4 is 5.73 Å². The Morgan fingerprint density at radius 3 is 2.58 bits per heavy atom. The van der Waals surface area contributed by atoms with Crippen LogP contribution in [0.2, 0.25) is 25.2 Å². The third-order valence-corrected chi connectivity index (χ3v) is 6.45. The molecule has 1 heterocycles. The van der Waals surface area contributed by atoms with E-state index in [2.05, 4.69) is 13.1 Å². The van der Waals surface area contributed by atoms with Gasteiger partial charge in [-0.05, 0) is 12.8 Å². The van der Waals surface area contributed by atoms with Crippen molar-refractivity contribution in [1.82, 2.24) is 0 Å². The fraction of sp³-hybridized carbons (Fsp3) is 1.00. The molecule has 1 atom stereocenters. The molecule has 72 valence electrons. The summed E-state index contributed by atoms with van der Waals surface area (Å²) >= 11 is 0. The van der Waals surface area contributed by atoms with Gasteiger partial charge in [0.2, 0.25) is 0 Å². The lowest BCUT2D eigenvalue weighted by molar-refractivity contribution is 0.0376. The van der Waals surface area contributed by atoms with Crippen molar-refractivity contribution in [2.75, 3.05) is 6.54 Å². The van der Waals surface area contributed by atoms with Crippen molar-refractivity contribution in [3.63, 3.8) is 0 Å². The molecule has 0 aromatic carbocycles. The molecule has 0 unspecified atom stereocenters. The highest BCUT2D eigenvalue weighted by molar-refractivity contribution is 6.77. The van der Waals surface area contributed by atoms with Gasteiger partial charge in [-0.3, -0.25) is 0 Å². The smallest absolute Gasteiger partial charge is 0.0766 e. The minimum atomic E-state index is -0.961. The molecule has 1 rings (SSSR count). The topological polar surface area (TPSA) is 46.2 Å². The van der Waals surface area contributed by atoms with Gasteiger partial charge in [-0.25, -0.2) is 0 Å². The molecule has 2 nitrogen and oxygen atoms in total. The van der Waals surface area contributed by atoms with Crippen LogP contribution in [0, 0.1) is 0 Å². The minimum Gasteiger partial charge on any atom is -0.389 e. The minimum absolute atomic E-state index is 0.442. The SMILES string of the molecule is C[Si]1(C)CCC[C@@](O)(CN)CC1. The Bertz CT molecular complexity index is 161. The molecule has 1 aliphatic rings. The fourth-order valence-electron chi connectivity index (χ4n) is 1.92. The van der Waals surface area contributed by atoms with Crippen molar-refractivity contribution in [1.29, 1.82) is 0 Å². The van der Waals surface area contributed by atoms with Crippen molar-refractivity contribution >= 4 is 8.07 Å². The van der Waals surface area contributed by atoms with Crippen LogP contribution >= 0.6 is 0 Å². The van der Waals surface area contributed by atoms with Crippen LogP contribution in [0.1, 0.15) is 19.3 Å². The van der Waals surface area contributed by atoms with Crippen LogP contribution in [0.25, 0.3) is 0 Å². The second kappa shape index (κ2) is 3.48. The first-order chi connectivity index (χ1) is 5.47. The fourth-order valence-corrected chi connectivity index (χ4v) is 4.45. The number of aliphatic hydroxyl groups is 1. The highest BCUT2D eigenvalue weighted by Gasteiger charge is 2.33. The molecule has 3 heteroatoms. The molecule has 0 spiro atoms. The first-order valence-electron chi connectivity index (χ1n) is 4.90. The summed E-state index contributed by atoms with van der Waals surface area (Å²) in [5, 5.41) is 9.99. The second-order valence-corrected chi connectivity index (χ2v) is 10.3. The van der Waals surface area contributed by atoms with Gasteiger partial charge in [0.05, 0.1) is 5.60 Å². The third kappa shape index (κ3) is 2.57. The van der Waals surface area contributed by atoms with Gasteiger partial charge in [-0.15, -0.1) is 0 Å². The Hall–Kier alpha value is 0.137. The van der Waals surface area contributed by atoms with E-state index in [1.807, 2.05) is 0 Å². The quantitative estimate of drug-likeness (QED) is 0.612. The summed E-state index contributed by atoms with van der Waals surface area (Å²) < 4.78 is 0. The summed E-state index contributed by atoms with van der Waals surface area (Å²) in [6.45, 7) is 5.27. The summed E-state index contributed by atoms with van der Waals surface area (Å²) in [6.07, 6.45) is 3.02. The van der Waals surface area contributed by atoms with Gasteiger partial charge >= 0.3 is 0 Å². The summed E-state index contributed by atoms with van der Waals surface area (Å²) in [7, 11) is -0.961. The van der Waals surface area contributed by atoms with Crippen LogP contribution in [0.15, 0.2) is 0 Å². The molecule has 3 N–H and O–H groups in total. The molecule has 0 saturated carbocycles. The zero-order valence-corrected chi connectivity index (χ0v) is 9.27. The average molecular weight is 187 g/mol. The van der Waals surface area contributed by atoms with Gasteiger partial charge < -0.3 is 10.8 Å². The monoisotopic (exact) mass is 187 g/mol. The molecule has 0 aliphatic carbocycles. The third-order valence-electron chi connectivity index (χ3n) is 3.14. The van der Waals surface area contributed by atoms with E-state index >= 15 is 0 Å². The first-order valence-corrected chi connectivity index (χ1v) is 8.31. The lowest BCUT2D eigenvalue weighted by Crippen LogP contribution is -2.37. The van der Waals surface area contributed by atoms with E-state index in [-0.39, 0.29) is 0 Å². The van der Waals surface area contributed by atoms with E-state index in [1.54, 1.807) is 0 Å². The van der Waals surface area contributed by atoms with Crippen molar-refractivity contribution in [3.8, 4) is 0 Å². The Morgan fingerprint density at radius 2 is 2.00 bits per heavy atom. The van der Waals surface area contributed by atoms with E-state index in [0.29, 0.717) is 6.54 Å². The lowest BCUT2D eigenvalue weighted by Gasteiger charge is -2.25. The molecule has 0 aromatic heterocycles. The van der Waals surface area contributed by atoms with E-state index in [0.717, 1.165) is 12.8 Å². The molecule has 0 radical (unpaired) electrons. The Morgan fingerprint density at radius 1 is 1.33 bits per heavy atom. The maximum atomic E-state index is 9.99. The zero-order chi connectivity index (χ0) is 9.24. The molecule has 0 bridgehead atoms. The van der Waals surface area contributed by atoms with Gasteiger partial charge in [0, 0.05) is 14.6 Å². The number of nitrogens with two attached hydrogens (primary N) is 1. The Labute approximate surface area is 76.2 Å². The van der Waals surface area contributed by atoms with Crippen molar-refractivity contribution < 1.29 is 5.11 Å². The average Bonchev–Trinajstić information content (AvgIpc) is 2.13. The predicted octanol–water partition coefficient (Wildman–Crippen LogP) is 1.57. The normalized spacial score (nSPS) is 36.0. The number of rotatable bonds is 1. The first kappa shape index (κ1) is 10.2. The number of hydrogen-bond donors (Lipinski definition) is 2. The molecule has 1 saturated heterocycles. The standard InChI is InChI=1S/C9H21NOSi/c1-12(2)6-3-4-9(11,8-10)5-7-12/h11H,3-8,10H2,1-2H3/t9-/m0/s1. The highest BCUT2D eigenvalue weighted by atomic mass is 28.3. The van der Waals surface area contributed by atoms with Crippen LogP contribution in [0.3, 0.4) is 0 Å². The maximum Gasteiger partial charge on any atom is 0.0766 e. The van der Waals surface area contributed by atoms with Crippen LogP contribution in [0.4, 0.5) is 0 Å². The predicted molar refractivity (Wildman–Crippen MR) is 55.0 cm³/mol. The molecule has 1 fully saturated rings. The highest BCUT2D eigenvalue weighted by Crippen LogP contribution is 2.32.